The van der Waals surface area contributed by atoms with Crippen LogP contribution in [0.4, 0.5) is 0 Å². The van der Waals surface area contributed by atoms with Crippen molar-refractivity contribution >= 4 is 11.9 Å². The lowest BCUT2D eigenvalue weighted by Gasteiger charge is -2.41. The first kappa shape index (κ1) is 21.6. The summed E-state index contributed by atoms with van der Waals surface area (Å²) in [5, 5.41) is 10.4. The lowest BCUT2D eigenvalue weighted by molar-refractivity contribution is -0.140. The number of fused-ring (bicyclic) bond motifs is 2. The normalized spacial score (nSPS) is 18.4. The lowest BCUT2D eigenvalue weighted by atomic mass is 9.79. The van der Waals surface area contributed by atoms with E-state index in [1.54, 1.807) is 35.2 Å². The van der Waals surface area contributed by atoms with Crippen LogP contribution in [0.2, 0.25) is 0 Å². The van der Waals surface area contributed by atoms with E-state index in [2.05, 4.69) is 0 Å². The van der Waals surface area contributed by atoms with Crippen molar-refractivity contribution in [2.75, 3.05) is 21.0 Å². The van der Waals surface area contributed by atoms with Crippen LogP contribution in [0.5, 0.6) is 23.0 Å². The second kappa shape index (κ2) is 8.62. The zero-order valence-corrected chi connectivity index (χ0v) is 18.7. The summed E-state index contributed by atoms with van der Waals surface area (Å²) in [4.78, 5) is 28.2. The van der Waals surface area contributed by atoms with Gasteiger partial charge in [0.2, 0.25) is 6.79 Å². The molecular weight excluding hydrogens is 438 g/mol. The molecule has 8 heteroatoms. The number of carbonyl (C=O) groups excluding carboxylic acids is 1. The van der Waals surface area contributed by atoms with Crippen molar-refractivity contribution < 1.29 is 33.6 Å². The summed E-state index contributed by atoms with van der Waals surface area (Å²) in [5.41, 5.74) is 2.18. The Labute approximate surface area is 196 Å². The van der Waals surface area contributed by atoms with Crippen LogP contribution >= 0.6 is 0 Å². The fourth-order valence-electron chi connectivity index (χ4n) is 4.66. The van der Waals surface area contributed by atoms with Crippen LogP contribution in [-0.2, 0) is 11.3 Å². The van der Waals surface area contributed by atoms with Crippen LogP contribution in [-0.4, -0.2) is 42.9 Å². The van der Waals surface area contributed by atoms with Gasteiger partial charge >= 0.3 is 5.97 Å². The molecule has 0 aromatic heterocycles. The predicted octanol–water partition coefficient (Wildman–Crippen LogP) is 4.00. The second-order valence-corrected chi connectivity index (χ2v) is 8.09. The fraction of sp³-hybridized carbons (Fsp3) is 0.231. The standard InChI is InChI=1S/C26H23NO7/c1-31-20-11-17-18(12-21(20)32-2)25(28)27(13-15-6-4-3-5-7-15)24(23(17)26(29)30)16-8-9-19-22(10-16)34-14-33-19/h3-12,23-24H,13-14H2,1-2H3,(H,29,30)/t23-,24-/m1/s1. The van der Waals surface area contributed by atoms with Crippen molar-refractivity contribution in [2.24, 2.45) is 0 Å². The van der Waals surface area contributed by atoms with Gasteiger partial charge in [0.05, 0.1) is 20.3 Å². The molecule has 1 N–H and O–H groups in total. The van der Waals surface area contributed by atoms with E-state index in [-0.39, 0.29) is 24.8 Å². The average Bonchev–Trinajstić information content (AvgIpc) is 3.33. The zero-order valence-electron chi connectivity index (χ0n) is 18.7. The molecule has 2 heterocycles. The van der Waals surface area contributed by atoms with Gasteiger partial charge in [-0.15, -0.1) is 0 Å². The molecule has 0 aliphatic carbocycles. The lowest BCUT2D eigenvalue weighted by Crippen LogP contribution is -2.44. The van der Waals surface area contributed by atoms with Gasteiger partial charge in [-0.1, -0.05) is 36.4 Å². The van der Waals surface area contributed by atoms with Crippen molar-refractivity contribution in [3.63, 3.8) is 0 Å². The number of carboxylic acid groups (broad SMARTS) is 1. The highest BCUT2D eigenvalue weighted by atomic mass is 16.7. The molecule has 0 bridgehead atoms. The van der Waals surface area contributed by atoms with Crippen LogP contribution < -0.4 is 18.9 Å². The number of amides is 1. The Morgan fingerprint density at radius 1 is 1.00 bits per heavy atom. The molecule has 0 spiro atoms. The Hall–Kier alpha value is -4.20. The summed E-state index contributed by atoms with van der Waals surface area (Å²) in [6.07, 6.45) is 0. The van der Waals surface area contributed by atoms with Crippen molar-refractivity contribution in [2.45, 2.75) is 18.5 Å². The zero-order chi connectivity index (χ0) is 23.8. The molecule has 5 rings (SSSR count). The van der Waals surface area contributed by atoms with Crippen molar-refractivity contribution in [3.8, 4) is 23.0 Å². The molecule has 0 unspecified atom stereocenters. The number of ether oxygens (including phenoxy) is 4. The van der Waals surface area contributed by atoms with E-state index < -0.39 is 17.9 Å². The maximum absolute atomic E-state index is 13.9. The van der Waals surface area contributed by atoms with E-state index in [1.807, 2.05) is 30.3 Å². The van der Waals surface area contributed by atoms with Gasteiger partial charge < -0.3 is 29.0 Å². The number of methoxy groups -OCH3 is 2. The van der Waals surface area contributed by atoms with E-state index >= 15 is 0 Å². The van der Waals surface area contributed by atoms with Crippen LogP contribution in [0, 0.1) is 0 Å². The Kier molecular flexibility index (Phi) is 5.49. The molecule has 0 radical (unpaired) electrons. The molecule has 2 atom stereocenters. The Balaban J connectivity index is 1.71. The SMILES string of the molecule is COc1cc2c(cc1OC)[C@@H](C(=O)O)[C@@H](c1ccc3c(c1)OCO3)N(Cc1ccccc1)C2=O. The summed E-state index contributed by atoms with van der Waals surface area (Å²) in [7, 11) is 2.95. The smallest absolute Gasteiger partial charge is 0.313 e. The highest BCUT2D eigenvalue weighted by Gasteiger charge is 2.45. The second-order valence-electron chi connectivity index (χ2n) is 8.09. The third-order valence-electron chi connectivity index (χ3n) is 6.23. The van der Waals surface area contributed by atoms with E-state index in [1.165, 1.54) is 14.2 Å². The van der Waals surface area contributed by atoms with Gasteiger partial charge in [-0.3, -0.25) is 9.59 Å². The summed E-state index contributed by atoms with van der Waals surface area (Å²) in [5.74, 6) is -0.564. The maximum atomic E-state index is 13.9. The summed E-state index contributed by atoms with van der Waals surface area (Å²) >= 11 is 0. The summed E-state index contributed by atoms with van der Waals surface area (Å²) < 4.78 is 21.8. The van der Waals surface area contributed by atoms with Crippen LogP contribution in [0.15, 0.2) is 60.7 Å². The van der Waals surface area contributed by atoms with E-state index in [9.17, 15) is 14.7 Å². The molecule has 2 aliphatic rings. The first-order valence-corrected chi connectivity index (χ1v) is 10.7. The van der Waals surface area contributed by atoms with Gasteiger partial charge in [0.1, 0.15) is 5.92 Å². The van der Waals surface area contributed by atoms with Crippen LogP contribution in [0.3, 0.4) is 0 Å². The number of hydrogen-bond donors (Lipinski definition) is 1. The number of hydrogen-bond acceptors (Lipinski definition) is 6. The van der Waals surface area contributed by atoms with E-state index in [0.29, 0.717) is 34.1 Å². The van der Waals surface area contributed by atoms with E-state index in [4.69, 9.17) is 18.9 Å². The molecule has 0 fully saturated rings. The van der Waals surface area contributed by atoms with Crippen molar-refractivity contribution in [3.05, 3.63) is 82.9 Å². The largest absolute Gasteiger partial charge is 0.493 e. The highest BCUT2D eigenvalue weighted by Crippen LogP contribution is 2.48. The van der Waals surface area contributed by atoms with Crippen molar-refractivity contribution in [1.82, 2.24) is 4.90 Å². The molecule has 2 aliphatic heterocycles. The van der Waals surface area contributed by atoms with Gasteiger partial charge in [-0.2, -0.15) is 0 Å². The van der Waals surface area contributed by atoms with Crippen molar-refractivity contribution in [1.29, 1.82) is 0 Å². The Bertz CT molecular complexity index is 1260. The Morgan fingerprint density at radius 2 is 1.71 bits per heavy atom. The summed E-state index contributed by atoms with van der Waals surface area (Å²) in [6, 6.07) is 17.1. The minimum Gasteiger partial charge on any atom is -0.493 e. The monoisotopic (exact) mass is 461 g/mol. The average molecular weight is 461 g/mol. The van der Waals surface area contributed by atoms with E-state index in [0.717, 1.165) is 5.56 Å². The number of rotatable bonds is 6. The molecule has 174 valence electrons. The van der Waals surface area contributed by atoms with Crippen LogP contribution in [0.25, 0.3) is 0 Å². The Morgan fingerprint density at radius 3 is 2.41 bits per heavy atom. The highest BCUT2D eigenvalue weighted by molar-refractivity contribution is 6.01. The molecule has 1 amide bonds. The maximum Gasteiger partial charge on any atom is 0.313 e. The number of carboxylic acids is 1. The number of benzene rings is 3. The molecule has 0 saturated heterocycles. The molecule has 34 heavy (non-hydrogen) atoms. The first-order chi connectivity index (χ1) is 16.5. The summed E-state index contributed by atoms with van der Waals surface area (Å²) in [6.45, 7) is 0.328. The predicted molar refractivity (Wildman–Crippen MR) is 122 cm³/mol. The van der Waals surface area contributed by atoms with Gasteiger partial charge in [0.15, 0.2) is 23.0 Å². The van der Waals surface area contributed by atoms with Crippen LogP contribution in [0.1, 0.15) is 39.0 Å². The number of nitrogens with zero attached hydrogens (tertiary/aromatic N) is 1. The number of carbonyl (C=O) groups is 2. The van der Waals surface area contributed by atoms with Gasteiger partial charge in [-0.25, -0.2) is 0 Å². The quantitative estimate of drug-likeness (QED) is 0.593. The first-order valence-electron chi connectivity index (χ1n) is 10.7. The molecule has 3 aromatic rings. The molecule has 8 nitrogen and oxygen atoms in total. The topological polar surface area (TPSA) is 94.5 Å². The van der Waals surface area contributed by atoms with Gasteiger partial charge in [0.25, 0.3) is 5.91 Å². The number of aliphatic carboxylic acids is 1. The van der Waals surface area contributed by atoms with Gasteiger partial charge in [0, 0.05) is 12.1 Å². The molecule has 3 aromatic carbocycles. The minimum absolute atomic E-state index is 0.0955. The third-order valence-corrected chi connectivity index (χ3v) is 6.23. The third kappa shape index (κ3) is 3.57. The van der Waals surface area contributed by atoms with Gasteiger partial charge in [-0.05, 0) is 41.0 Å². The molecular formula is C26H23NO7. The minimum atomic E-state index is -1.05. The fourth-order valence-corrected chi connectivity index (χ4v) is 4.66. The molecule has 0 saturated carbocycles.